The molecule has 1 aromatic heterocycles. The fourth-order valence-corrected chi connectivity index (χ4v) is 1.54. The highest BCUT2D eigenvalue weighted by atomic mass is 19.1. The monoisotopic (exact) mass is 251 g/mol. The molecule has 0 aliphatic carbocycles. The summed E-state index contributed by atoms with van der Waals surface area (Å²) in [5.41, 5.74) is 6.27. The molecule has 0 saturated carbocycles. The first-order valence-corrected chi connectivity index (χ1v) is 5.46. The van der Waals surface area contributed by atoms with Gasteiger partial charge in [0.25, 0.3) is 0 Å². The molecule has 0 bridgehead atoms. The first-order valence-electron chi connectivity index (χ1n) is 5.46. The number of methoxy groups -OCH3 is 1. The molecular weight excluding hydrogens is 237 g/mol. The summed E-state index contributed by atoms with van der Waals surface area (Å²) in [7, 11) is 1.62. The Balaban J connectivity index is 2.33. The SMILES string of the molecule is COC(C)Cn1nnnc1-c1ccc(F)c(N)c1. The fourth-order valence-electron chi connectivity index (χ4n) is 1.54. The third-order valence-electron chi connectivity index (χ3n) is 2.62. The Labute approximate surface area is 104 Å². The van der Waals surface area contributed by atoms with Crippen LogP contribution in [0.4, 0.5) is 10.1 Å². The molecule has 2 rings (SSSR count). The maximum absolute atomic E-state index is 13.1. The number of rotatable bonds is 4. The van der Waals surface area contributed by atoms with Gasteiger partial charge in [-0.3, -0.25) is 0 Å². The van der Waals surface area contributed by atoms with Crippen LogP contribution in [-0.4, -0.2) is 33.4 Å². The molecule has 18 heavy (non-hydrogen) atoms. The van der Waals surface area contributed by atoms with Crippen LogP contribution in [-0.2, 0) is 11.3 Å². The molecule has 0 fully saturated rings. The second kappa shape index (κ2) is 5.09. The van der Waals surface area contributed by atoms with Gasteiger partial charge in [0.2, 0.25) is 0 Å². The maximum atomic E-state index is 13.1. The van der Waals surface area contributed by atoms with Gasteiger partial charge in [0.1, 0.15) is 5.82 Å². The predicted octanol–water partition coefficient (Wildman–Crippen LogP) is 1.10. The van der Waals surface area contributed by atoms with E-state index in [9.17, 15) is 4.39 Å². The smallest absolute Gasteiger partial charge is 0.182 e. The predicted molar refractivity (Wildman–Crippen MR) is 64.1 cm³/mol. The van der Waals surface area contributed by atoms with Crippen molar-refractivity contribution in [1.82, 2.24) is 20.2 Å². The van der Waals surface area contributed by atoms with E-state index in [-0.39, 0.29) is 11.8 Å². The molecule has 0 saturated heterocycles. The lowest BCUT2D eigenvalue weighted by molar-refractivity contribution is 0.0997. The van der Waals surface area contributed by atoms with Crippen LogP contribution in [0.2, 0.25) is 0 Å². The molecule has 1 heterocycles. The summed E-state index contributed by atoms with van der Waals surface area (Å²) in [6, 6.07) is 4.39. The van der Waals surface area contributed by atoms with Crippen molar-refractivity contribution in [3.8, 4) is 11.4 Å². The zero-order valence-corrected chi connectivity index (χ0v) is 10.2. The zero-order chi connectivity index (χ0) is 13.1. The first kappa shape index (κ1) is 12.4. The molecule has 0 aliphatic rings. The Morgan fingerprint density at radius 3 is 2.94 bits per heavy atom. The number of anilines is 1. The third-order valence-corrected chi connectivity index (χ3v) is 2.62. The summed E-state index contributed by atoms with van der Waals surface area (Å²) in [6.07, 6.45) is -0.0231. The van der Waals surface area contributed by atoms with Gasteiger partial charge in [-0.2, -0.15) is 0 Å². The van der Waals surface area contributed by atoms with Crippen LogP contribution in [0.3, 0.4) is 0 Å². The van der Waals surface area contributed by atoms with Crippen molar-refractivity contribution in [2.75, 3.05) is 12.8 Å². The highest BCUT2D eigenvalue weighted by Crippen LogP contribution is 2.21. The van der Waals surface area contributed by atoms with Crippen LogP contribution in [0.25, 0.3) is 11.4 Å². The van der Waals surface area contributed by atoms with E-state index in [4.69, 9.17) is 10.5 Å². The van der Waals surface area contributed by atoms with Crippen LogP contribution in [0.15, 0.2) is 18.2 Å². The number of tetrazole rings is 1. The largest absolute Gasteiger partial charge is 0.396 e. The Morgan fingerprint density at radius 2 is 2.28 bits per heavy atom. The van der Waals surface area contributed by atoms with E-state index in [1.54, 1.807) is 17.9 Å². The van der Waals surface area contributed by atoms with Gasteiger partial charge in [-0.25, -0.2) is 9.07 Å². The van der Waals surface area contributed by atoms with E-state index in [2.05, 4.69) is 15.5 Å². The molecular formula is C11H14FN5O. The molecule has 1 aromatic carbocycles. The van der Waals surface area contributed by atoms with Gasteiger partial charge in [-0.1, -0.05) is 0 Å². The highest BCUT2D eigenvalue weighted by Gasteiger charge is 2.12. The van der Waals surface area contributed by atoms with Gasteiger partial charge in [-0.15, -0.1) is 5.10 Å². The maximum Gasteiger partial charge on any atom is 0.182 e. The number of hydrogen-bond donors (Lipinski definition) is 1. The minimum absolute atomic E-state index is 0.0231. The summed E-state index contributed by atoms with van der Waals surface area (Å²) < 4.78 is 19.9. The van der Waals surface area contributed by atoms with Crippen molar-refractivity contribution in [3.63, 3.8) is 0 Å². The van der Waals surface area contributed by atoms with Gasteiger partial charge >= 0.3 is 0 Å². The van der Waals surface area contributed by atoms with Crippen LogP contribution in [0.1, 0.15) is 6.92 Å². The molecule has 2 N–H and O–H groups in total. The van der Waals surface area contributed by atoms with Gasteiger partial charge < -0.3 is 10.5 Å². The van der Waals surface area contributed by atoms with Gasteiger partial charge in [0.15, 0.2) is 5.82 Å². The standard InChI is InChI=1S/C11H14FN5O/c1-7(18-2)6-17-11(14-15-16-17)8-3-4-9(12)10(13)5-8/h3-5,7H,6,13H2,1-2H3. The Morgan fingerprint density at radius 1 is 1.50 bits per heavy atom. The zero-order valence-electron chi connectivity index (χ0n) is 10.2. The summed E-state index contributed by atoms with van der Waals surface area (Å²) in [6.45, 7) is 2.42. The lowest BCUT2D eigenvalue weighted by Gasteiger charge is -2.10. The normalized spacial score (nSPS) is 12.6. The van der Waals surface area contributed by atoms with Crippen LogP contribution in [0, 0.1) is 5.82 Å². The number of ether oxygens (including phenoxy) is 1. The summed E-state index contributed by atoms with van der Waals surface area (Å²) >= 11 is 0. The van der Waals surface area contributed by atoms with Crippen molar-refractivity contribution in [2.24, 2.45) is 0 Å². The van der Waals surface area contributed by atoms with Gasteiger partial charge in [0.05, 0.1) is 18.3 Å². The van der Waals surface area contributed by atoms with Crippen molar-refractivity contribution < 1.29 is 9.13 Å². The van der Waals surface area contributed by atoms with Crippen LogP contribution in [0.5, 0.6) is 0 Å². The van der Waals surface area contributed by atoms with E-state index in [1.165, 1.54) is 12.1 Å². The lowest BCUT2D eigenvalue weighted by Crippen LogP contribution is -2.16. The van der Waals surface area contributed by atoms with Gasteiger partial charge in [0, 0.05) is 12.7 Å². The molecule has 6 nitrogen and oxygen atoms in total. The topological polar surface area (TPSA) is 78.8 Å². The molecule has 7 heteroatoms. The van der Waals surface area contributed by atoms with Gasteiger partial charge in [-0.05, 0) is 35.5 Å². The summed E-state index contributed by atoms with van der Waals surface area (Å²) in [5, 5.41) is 11.4. The third kappa shape index (κ3) is 2.45. The van der Waals surface area contributed by atoms with Crippen molar-refractivity contribution >= 4 is 5.69 Å². The molecule has 0 aliphatic heterocycles. The molecule has 0 spiro atoms. The second-order valence-electron chi connectivity index (χ2n) is 3.97. The van der Waals surface area contributed by atoms with Crippen LogP contribution >= 0.6 is 0 Å². The quantitative estimate of drug-likeness (QED) is 0.823. The number of nitrogens with two attached hydrogens (primary N) is 1. The van der Waals surface area contributed by atoms with E-state index in [1.807, 2.05) is 6.92 Å². The van der Waals surface area contributed by atoms with Crippen molar-refractivity contribution in [2.45, 2.75) is 19.6 Å². The average Bonchev–Trinajstić information content (AvgIpc) is 2.80. The van der Waals surface area contributed by atoms with E-state index in [0.29, 0.717) is 17.9 Å². The molecule has 0 amide bonds. The number of nitrogens with zero attached hydrogens (tertiary/aromatic N) is 4. The minimum Gasteiger partial charge on any atom is -0.396 e. The Kier molecular flexibility index (Phi) is 3.52. The summed E-state index contributed by atoms with van der Waals surface area (Å²) in [4.78, 5) is 0. The number of halogens is 1. The Bertz CT molecular complexity index is 542. The molecule has 2 aromatic rings. The van der Waals surface area contributed by atoms with Crippen LogP contribution < -0.4 is 5.73 Å². The fraction of sp³-hybridized carbons (Fsp3) is 0.364. The molecule has 1 atom stereocenters. The minimum atomic E-state index is -0.456. The van der Waals surface area contributed by atoms with E-state index >= 15 is 0 Å². The molecule has 0 radical (unpaired) electrons. The highest BCUT2D eigenvalue weighted by molar-refractivity contribution is 5.61. The molecule has 96 valence electrons. The number of nitrogen functional groups attached to an aromatic ring is 1. The second-order valence-corrected chi connectivity index (χ2v) is 3.97. The van der Waals surface area contributed by atoms with Crippen molar-refractivity contribution in [1.29, 1.82) is 0 Å². The molecule has 1 unspecified atom stereocenters. The van der Waals surface area contributed by atoms with E-state index < -0.39 is 5.82 Å². The van der Waals surface area contributed by atoms with E-state index in [0.717, 1.165) is 0 Å². The van der Waals surface area contributed by atoms with Crippen molar-refractivity contribution in [3.05, 3.63) is 24.0 Å². The number of hydrogen-bond acceptors (Lipinski definition) is 5. The lowest BCUT2D eigenvalue weighted by atomic mass is 10.2. The Hall–Kier alpha value is -2.02. The summed E-state index contributed by atoms with van der Waals surface area (Å²) in [5.74, 6) is 0.0774. The number of benzene rings is 1. The average molecular weight is 251 g/mol. The first-order chi connectivity index (χ1) is 8.61. The number of aromatic nitrogens is 4.